The van der Waals surface area contributed by atoms with Gasteiger partial charge in [0.05, 0.1) is 22.1 Å². The van der Waals surface area contributed by atoms with Gasteiger partial charge in [-0.1, -0.05) is 0 Å². The molecule has 0 aliphatic carbocycles. The zero-order chi connectivity index (χ0) is 11.4. The highest BCUT2D eigenvalue weighted by Crippen LogP contribution is 2.35. The van der Waals surface area contributed by atoms with Gasteiger partial charge in [0.25, 0.3) is 0 Å². The maximum Gasteiger partial charge on any atom is 0.137 e. The third-order valence-electron chi connectivity index (χ3n) is 1.76. The van der Waals surface area contributed by atoms with Gasteiger partial charge in [0.2, 0.25) is 0 Å². The van der Waals surface area contributed by atoms with Crippen LogP contribution in [0.1, 0.15) is 5.56 Å². The number of ether oxygens (including phenoxy) is 2. The number of methoxy groups -OCH3 is 2. The van der Waals surface area contributed by atoms with Crippen molar-refractivity contribution in [2.75, 3.05) is 14.2 Å². The van der Waals surface area contributed by atoms with Gasteiger partial charge in [-0.2, -0.15) is 0 Å². The first-order chi connectivity index (χ1) is 7.08. The Balaban J connectivity index is 3.30. The zero-order valence-corrected chi connectivity index (χ0v) is 12.9. The zero-order valence-electron chi connectivity index (χ0n) is 8.18. The SMILES string of the molecule is COc1cc(C=C(Br)Br)c(Br)c(OC)c1. The van der Waals surface area contributed by atoms with Gasteiger partial charge in [0, 0.05) is 6.07 Å². The summed E-state index contributed by atoms with van der Waals surface area (Å²) in [4.78, 5) is 0. The average Bonchev–Trinajstić information content (AvgIpc) is 2.20. The number of hydrogen-bond acceptors (Lipinski definition) is 2. The highest BCUT2D eigenvalue weighted by molar-refractivity contribution is 9.28. The lowest BCUT2D eigenvalue weighted by Gasteiger charge is -2.09. The van der Waals surface area contributed by atoms with Crippen molar-refractivity contribution in [1.29, 1.82) is 0 Å². The van der Waals surface area contributed by atoms with E-state index in [0.29, 0.717) is 0 Å². The molecule has 15 heavy (non-hydrogen) atoms. The van der Waals surface area contributed by atoms with Gasteiger partial charge in [0.15, 0.2) is 0 Å². The molecule has 0 aliphatic rings. The first kappa shape index (κ1) is 13.1. The molecule has 0 saturated carbocycles. The molecule has 0 saturated heterocycles. The number of benzene rings is 1. The quantitative estimate of drug-likeness (QED) is 0.740. The van der Waals surface area contributed by atoms with E-state index in [9.17, 15) is 0 Å². The molecule has 1 aromatic rings. The Hall–Kier alpha value is -0.000000000000000167. The van der Waals surface area contributed by atoms with E-state index in [-0.39, 0.29) is 0 Å². The molecule has 82 valence electrons. The van der Waals surface area contributed by atoms with E-state index >= 15 is 0 Å². The summed E-state index contributed by atoms with van der Waals surface area (Å²) in [7, 11) is 3.25. The van der Waals surface area contributed by atoms with Gasteiger partial charge >= 0.3 is 0 Å². The van der Waals surface area contributed by atoms with Crippen LogP contribution in [0.5, 0.6) is 11.5 Å². The monoisotopic (exact) mass is 398 g/mol. The highest BCUT2D eigenvalue weighted by Gasteiger charge is 2.08. The maximum atomic E-state index is 5.22. The van der Waals surface area contributed by atoms with Gasteiger partial charge in [-0.15, -0.1) is 0 Å². The molecule has 1 aromatic carbocycles. The number of hydrogen-bond donors (Lipinski definition) is 0. The second-order valence-corrected chi connectivity index (χ2v) is 6.23. The molecule has 0 N–H and O–H groups in total. The topological polar surface area (TPSA) is 18.5 Å². The number of rotatable bonds is 3. The third kappa shape index (κ3) is 3.50. The van der Waals surface area contributed by atoms with Crippen LogP contribution in [-0.4, -0.2) is 14.2 Å². The van der Waals surface area contributed by atoms with Gasteiger partial charge in [-0.05, 0) is 65.5 Å². The predicted octanol–water partition coefficient (Wildman–Crippen LogP) is 4.55. The van der Waals surface area contributed by atoms with Crippen molar-refractivity contribution in [2.24, 2.45) is 0 Å². The van der Waals surface area contributed by atoms with Crippen molar-refractivity contribution in [3.8, 4) is 11.5 Å². The van der Waals surface area contributed by atoms with Crippen molar-refractivity contribution in [1.82, 2.24) is 0 Å². The first-order valence-electron chi connectivity index (χ1n) is 4.02. The van der Waals surface area contributed by atoms with Crippen LogP contribution < -0.4 is 9.47 Å². The predicted molar refractivity (Wildman–Crippen MR) is 73.1 cm³/mol. The first-order valence-corrected chi connectivity index (χ1v) is 6.40. The summed E-state index contributed by atoms with van der Waals surface area (Å²) in [6.07, 6.45) is 1.91. The minimum Gasteiger partial charge on any atom is -0.497 e. The molecule has 0 spiro atoms. The normalized spacial score (nSPS) is 9.67. The molecule has 0 heterocycles. The van der Waals surface area contributed by atoms with Crippen molar-refractivity contribution in [3.63, 3.8) is 0 Å². The second kappa shape index (κ2) is 5.92. The Bertz CT molecular complexity index is 384. The standard InChI is InChI=1S/C10H9Br3O2/c1-14-7-3-6(4-9(11)12)10(13)8(5-7)15-2/h3-5H,1-2H3. The minimum absolute atomic E-state index is 0.738. The summed E-state index contributed by atoms with van der Waals surface area (Å²) < 4.78 is 12.1. The van der Waals surface area contributed by atoms with Crippen molar-refractivity contribution >= 4 is 53.9 Å². The van der Waals surface area contributed by atoms with Gasteiger partial charge in [-0.3, -0.25) is 0 Å². The molecule has 0 atom stereocenters. The smallest absolute Gasteiger partial charge is 0.137 e. The lowest BCUT2D eigenvalue weighted by Crippen LogP contribution is -1.90. The van der Waals surface area contributed by atoms with Crippen LogP contribution in [0.3, 0.4) is 0 Å². The molecule has 0 aliphatic heterocycles. The average molecular weight is 401 g/mol. The molecule has 1 rings (SSSR count). The Labute approximate surface area is 114 Å². The summed E-state index contributed by atoms with van der Waals surface area (Å²) in [6, 6.07) is 3.73. The van der Waals surface area contributed by atoms with Gasteiger partial charge < -0.3 is 9.47 Å². The van der Waals surface area contributed by atoms with Gasteiger partial charge in [-0.25, -0.2) is 0 Å². The fourth-order valence-electron chi connectivity index (χ4n) is 1.08. The molecule has 5 heteroatoms. The van der Waals surface area contributed by atoms with E-state index in [0.717, 1.165) is 24.9 Å². The van der Waals surface area contributed by atoms with Crippen LogP contribution >= 0.6 is 47.8 Å². The Morgan fingerprint density at radius 3 is 2.33 bits per heavy atom. The van der Waals surface area contributed by atoms with Crippen LogP contribution in [0.2, 0.25) is 0 Å². The summed E-state index contributed by atoms with van der Waals surface area (Å²) in [5.74, 6) is 1.49. The molecular weight excluding hydrogens is 392 g/mol. The maximum absolute atomic E-state index is 5.22. The minimum atomic E-state index is 0.738. The van der Waals surface area contributed by atoms with Crippen LogP contribution in [0.15, 0.2) is 20.0 Å². The van der Waals surface area contributed by atoms with Crippen molar-refractivity contribution in [2.45, 2.75) is 0 Å². The van der Waals surface area contributed by atoms with E-state index in [4.69, 9.17) is 9.47 Å². The summed E-state index contributed by atoms with van der Waals surface area (Å²) in [6.45, 7) is 0. The molecule has 0 aromatic heterocycles. The molecular formula is C10H9Br3O2. The largest absolute Gasteiger partial charge is 0.497 e. The molecule has 0 radical (unpaired) electrons. The lowest BCUT2D eigenvalue weighted by atomic mass is 10.2. The summed E-state index contributed by atoms with van der Waals surface area (Å²) in [5, 5.41) is 0. The van der Waals surface area contributed by atoms with E-state index in [1.165, 1.54) is 0 Å². The van der Waals surface area contributed by atoms with Gasteiger partial charge in [0.1, 0.15) is 11.5 Å². The molecule has 0 unspecified atom stereocenters. The summed E-state index contributed by atoms with van der Waals surface area (Å²) in [5.41, 5.74) is 0.968. The van der Waals surface area contributed by atoms with Crippen LogP contribution in [0.4, 0.5) is 0 Å². The Morgan fingerprint density at radius 2 is 1.87 bits per heavy atom. The lowest BCUT2D eigenvalue weighted by molar-refractivity contribution is 0.392. The third-order valence-corrected chi connectivity index (χ3v) is 3.07. The Morgan fingerprint density at radius 1 is 1.20 bits per heavy atom. The van der Waals surface area contributed by atoms with E-state index < -0.39 is 0 Å². The van der Waals surface area contributed by atoms with E-state index in [1.54, 1.807) is 14.2 Å². The Kier molecular flexibility index (Phi) is 5.15. The fraction of sp³-hybridized carbons (Fsp3) is 0.200. The van der Waals surface area contributed by atoms with Crippen molar-refractivity contribution < 1.29 is 9.47 Å². The highest BCUT2D eigenvalue weighted by atomic mass is 79.9. The van der Waals surface area contributed by atoms with E-state index in [1.807, 2.05) is 18.2 Å². The molecule has 0 fully saturated rings. The van der Waals surface area contributed by atoms with Crippen LogP contribution in [0, 0.1) is 0 Å². The molecule has 2 nitrogen and oxygen atoms in total. The van der Waals surface area contributed by atoms with Crippen LogP contribution in [-0.2, 0) is 0 Å². The van der Waals surface area contributed by atoms with Crippen molar-refractivity contribution in [3.05, 3.63) is 25.6 Å². The molecule has 0 bridgehead atoms. The number of halogens is 3. The van der Waals surface area contributed by atoms with E-state index in [2.05, 4.69) is 47.8 Å². The second-order valence-electron chi connectivity index (χ2n) is 2.67. The van der Waals surface area contributed by atoms with Crippen LogP contribution in [0.25, 0.3) is 6.08 Å². The summed E-state index contributed by atoms with van der Waals surface area (Å²) >= 11 is 10.1. The fourth-order valence-corrected chi connectivity index (χ4v) is 2.08. The molecule has 0 amide bonds.